The molecule has 4 aromatic rings. The fourth-order valence-electron chi connectivity index (χ4n) is 3.48. The molecular formula is C22H24N6O. The van der Waals surface area contributed by atoms with E-state index >= 15 is 0 Å². The molecule has 29 heavy (non-hydrogen) atoms. The van der Waals surface area contributed by atoms with Gasteiger partial charge in [0.15, 0.2) is 5.65 Å². The highest BCUT2D eigenvalue weighted by Crippen LogP contribution is 2.21. The summed E-state index contributed by atoms with van der Waals surface area (Å²) >= 11 is 0. The number of para-hydroxylation sites is 1. The van der Waals surface area contributed by atoms with Gasteiger partial charge in [-0.05, 0) is 45.9 Å². The minimum Gasteiger partial charge on any atom is -0.345 e. The summed E-state index contributed by atoms with van der Waals surface area (Å²) in [6, 6.07) is 11.8. The van der Waals surface area contributed by atoms with Crippen molar-refractivity contribution in [1.29, 1.82) is 0 Å². The average Bonchev–Trinajstić information content (AvgIpc) is 3.31. The lowest BCUT2D eigenvalue weighted by molar-refractivity contribution is 0.0939. The van der Waals surface area contributed by atoms with E-state index in [1.54, 1.807) is 18.6 Å². The molecule has 0 spiro atoms. The first-order valence-electron chi connectivity index (χ1n) is 9.69. The van der Waals surface area contributed by atoms with Crippen molar-refractivity contribution < 1.29 is 4.79 Å². The van der Waals surface area contributed by atoms with Crippen LogP contribution in [0.1, 0.15) is 54.5 Å². The van der Waals surface area contributed by atoms with Gasteiger partial charge < -0.3 is 5.32 Å². The lowest BCUT2D eigenvalue weighted by Crippen LogP contribution is -2.27. The number of carbonyl (C=O) groups is 1. The molecule has 3 heterocycles. The predicted molar refractivity (Wildman–Crippen MR) is 112 cm³/mol. The third kappa shape index (κ3) is 3.51. The molecule has 7 nitrogen and oxygen atoms in total. The lowest BCUT2D eigenvalue weighted by Gasteiger charge is -2.14. The molecule has 0 aliphatic rings. The Morgan fingerprint density at radius 2 is 1.79 bits per heavy atom. The standard InChI is InChI=1S/C22H24N6O/c1-14(2)27-21-17(12-24-27)10-18(11-23-21)22(29)26-15(3)20-13-25-28(16(20)4)19-8-6-5-7-9-19/h5-15H,1-4H3,(H,26,29). The van der Waals surface area contributed by atoms with Crippen LogP contribution in [0.4, 0.5) is 0 Å². The summed E-state index contributed by atoms with van der Waals surface area (Å²) in [5.74, 6) is -0.170. The van der Waals surface area contributed by atoms with Gasteiger partial charge in [-0.1, -0.05) is 18.2 Å². The van der Waals surface area contributed by atoms with Gasteiger partial charge in [-0.15, -0.1) is 0 Å². The van der Waals surface area contributed by atoms with Gasteiger partial charge in [-0.2, -0.15) is 10.2 Å². The smallest absolute Gasteiger partial charge is 0.253 e. The number of hydrogen-bond acceptors (Lipinski definition) is 4. The molecule has 0 radical (unpaired) electrons. The summed E-state index contributed by atoms with van der Waals surface area (Å²) in [7, 11) is 0. The Morgan fingerprint density at radius 1 is 1.03 bits per heavy atom. The Kier molecular flexibility index (Phi) is 4.88. The SMILES string of the molecule is Cc1c(C(C)NC(=O)c2cnc3c(cnn3C(C)C)c2)cnn1-c1ccccc1. The van der Waals surface area contributed by atoms with Crippen LogP contribution in [0.3, 0.4) is 0 Å². The largest absolute Gasteiger partial charge is 0.345 e. The van der Waals surface area contributed by atoms with Crippen LogP contribution in [-0.4, -0.2) is 30.5 Å². The predicted octanol–water partition coefficient (Wildman–Crippen LogP) is 4.00. The summed E-state index contributed by atoms with van der Waals surface area (Å²) in [6.45, 7) is 8.06. The Morgan fingerprint density at radius 3 is 2.52 bits per heavy atom. The second-order valence-corrected chi connectivity index (χ2v) is 7.45. The molecule has 0 fully saturated rings. The second-order valence-electron chi connectivity index (χ2n) is 7.45. The molecule has 1 N–H and O–H groups in total. The monoisotopic (exact) mass is 388 g/mol. The Labute approximate surface area is 169 Å². The number of fused-ring (bicyclic) bond motifs is 1. The highest BCUT2D eigenvalue weighted by atomic mass is 16.1. The molecule has 3 aromatic heterocycles. The van der Waals surface area contributed by atoms with E-state index in [2.05, 4.69) is 20.5 Å². The van der Waals surface area contributed by atoms with Gasteiger partial charge in [0.05, 0.1) is 29.7 Å². The van der Waals surface area contributed by atoms with Crippen molar-refractivity contribution >= 4 is 16.9 Å². The normalized spacial score (nSPS) is 12.4. The van der Waals surface area contributed by atoms with Crippen LogP contribution in [0.2, 0.25) is 0 Å². The Bertz CT molecular complexity index is 1160. The van der Waals surface area contributed by atoms with Gasteiger partial charge in [0.2, 0.25) is 0 Å². The number of carbonyl (C=O) groups excluding carboxylic acids is 1. The summed E-state index contributed by atoms with van der Waals surface area (Å²) in [6.07, 6.45) is 5.16. The molecule has 1 atom stereocenters. The molecule has 0 saturated carbocycles. The van der Waals surface area contributed by atoms with Crippen molar-refractivity contribution in [1.82, 2.24) is 29.9 Å². The molecule has 0 saturated heterocycles. The van der Waals surface area contributed by atoms with E-state index < -0.39 is 0 Å². The van der Waals surface area contributed by atoms with Gasteiger partial charge >= 0.3 is 0 Å². The van der Waals surface area contributed by atoms with E-state index in [-0.39, 0.29) is 18.0 Å². The van der Waals surface area contributed by atoms with Crippen LogP contribution in [0.25, 0.3) is 16.7 Å². The number of benzene rings is 1. The third-order valence-electron chi connectivity index (χ3n) is 5.05. The first-order valence-corrected chi connectivity index (χ1v) is 9.69. The lowest BCUT2D eigenvalue weighted by atomic mass is 10.1. The molecule has 1 amide bonds. The minimum absolute atomic E-state index is 0.170. The molecule has 1 unspecified atom stereocenters. The van der Waals surface area contributed by atoms with Gasteiger partial charge in [0.25, 0.3) is 5.91 Å². The Hall–Kier alpha value is -3.48. The van der Waals surface area contributed by atoms with Crippen molar-refractivity contribution in [2.75, 3.05) is 0 Å². The van der Waals surface area contributed by atoms with E-state index in [0.717, 1.165) is 28.0 Å². The molecule has 0 aliphatic carbocycles. The zero-order chi connectivity index (χ0) is 20.5. The summed E-state index contributed by atoms with van der Waals surface area (Å²) < 4.78 is 3.73. The molecular weight excluding hydrogens is 364 g/mol. The number of rotatable bonds is 5. The van der Waals surface area contributed by atoms with Crippen molar-refractivity contribution in [3.8, 4) is 5.69 Å². The quantitative estimate of drug-likeness (QED) is 0.561. The molecule has 4 rings (SSSR count). The first kappa shape index (κ1) is 18.9. The number of hydrogen-bond donors (Lipinski definition) is 1. The summed E-state index contributed by atoms with van der Waals surface area (Å²) in [5, 5.41) is 12.8. The second kappa shape index (κ2) is 7.50. The van der Waals surface area contributed by atoms with E-state index in [9.17, 15) is 4.79 Å². The molecule has 0 bridgehead atoms. The fourth-order valence-corrected chi connectivity index (χ4v) is 3.48. The van der Waals surface area contributed by atoms with E-state index in [1.807, 2.05) is 73.5 Å². The van der Waals surface area contributed by atoms with Crippen molar-refractivity contribution in [2.45, 2.75) is 39.8 Å². The number of amides is 1. The first-order chi connectivity index (χ1) is 14.0. The van der Waals surface area contributed by atoms with Crippen LogP contribution in [0.15, 0.2) is 55.0 Å². The van der Waals surface area contributed by atoms with Crippen LogP contribution in [0.5, 0.6) is 0 Å². The number of nitrogens with one attached hydrogen (secondary N) is 1. The van der Waals surface area contributed by atoms with Crippen molar-refractivity contribution in [3.05, 3.63) is 71.8 Å². The van der Waals surface area contributed by atoms with Crippen LogP contribution in [-0.2, 0) is 0 Å². The number of aromatic nitrogens is 5. The summed E-state index contributed by atoms with van der Waals surface area (Å²) in [4.78, 5) is 17.2. The highest BCUT2D eigenvalue weighted by Gasteiger charge is 2.18. The fraction of sp³-hybridized carbons (Fsp3) is 0.273. The van der Waals surface area contributed by atoms with Crippen LogP contribution < -0.4 is 5.32 Å². The average molecular weight is 388 g/mol. The molecule has 1 aromatic carbocycles. The van der Waals surface area contributed by atoms with Gasteiger partial charge in [0.1, 0.15) is 0 Å². The van der Waals surface area contributed by atoms with Crippen LogP contribution >= 0.6 is 0 Å². The number of pyridine rings is 1. The third-order valence-corrected chi connectivity index (χ3v) is 5.05. The number of nitrogens with zero attached hydrogens (tertiary/aromatic N) is 5. The topological polar surface area (TPSA) is 77.6 Å². The Balaban J connectivity index is 1.54. The van der Waals surface area contributed by atoms with Gasteiger partial charge in [-0.25, -0.2) is 14.3 Å². The maximum atomic E-state index is 12.8. The van der Waals surface area contributed by atoms with E-state index in [0.29, 0.717) is 5.56 Å². The molecule has 148 valence electrons. The van der Waals surface area contributed by atoms with Crippen molar-refractivity contribution in [3.63, 3.8) is 0 Å². The molecule has 0 aliphatic heterocycles. The van der Waals surface area contributed by atoms with E-state index in [4.69, 9.17) is 0 Å². The maximum absolute atomic E-state index is 12.8. The minimum atomic E-state index is -0.186. The summed E-state index contributed by atoms with van der Waals surface area (Å²) in [5.41, 5.74) is 4.26. The zero-order valence-corrected chi connectivity index (χ0v) is 17.0. The maximum Gasteiger partial charge on any atom is 0.253 e. The highest BCUT2D eigenvalue weighted by molar-refractivity contribution is 5.97. The zero-order valence-electron chi connectivity index (χ0n) is 17.0. The van der Waals surface area contributed by atoms with Crippen molar-refractivity contribution in [2.24, 2.45) is 0 Å². The van der Waals surface area contributed by atoms with Crippen LogP contribution in [0, 0.1) is 6.92 Å². The molecule has 7 heteroatoms. The van der Waals surface area contributed by atoms with E-state index in [1.165, 1.54) is 0 Å². The van der Waals surface area contributed by atoms with Gasteiger partial charge in [-0.3, -0.25) is 4.79 Å². The van der Waals surface area contributed by atoms with Gasteiger partial charge in [0, 0.05) is 28.9 Å².